The lowest BCUT2D eigenvalue weighted by Crippen LogP contribution is -2.34. The molecule has 0 radical (unpaired) electrons. The molecular formula is C23H28N4O. The first kappa shape index (κ1) is 18.7. The number of benzene rings is 2. The van der Waals surface area contributed by atoms with Crippen molar-refractivity contribution in [1.82, 2.24) is 15.5 Å². The van der Waals surface area contributed by atoms with E-state index in [1.54, 1.807) is 6.20 Å². The summed E-state index contributed by atoms with van der Waals surface area (Å²) in [4.78, 5) is 0. The Bertz CT molecular complexity index is 966. The van der Waals surface area contributed by atoms with Crippen LogP contribution >= 0.6 is 0 Å². The van der Waals surface area contributed by atoms with E-state index >= 15 is 0 Å². The molecule has 28 heavy (non-hydrogen) atoms. The molecule has 1 aromatic heterocycles. The number of hydrogen-bond donors (Lipinski definition) is 2. The van der Waals surface area contributed by atoms with Crippen molar-refractivity contribution in [3.05, 3.63) is 59.3 Å². The number of fused-ring (bicyclic) bond motifs is 1. The van der Waals surface area contributed by atoms with Crippen molar-refractivity contribution < 1.29 is 4.74 Å². The molecule has 1 aliphatic heterocycles. The van der Waals surface area contributed by atoms with Crippen molar-refractivity contribution in [1.29, 1.82) is 0 Å². The molecule has 2 aromatic carbocycles. The van der Waals surface area contributed by atoms with Crippen molar-refractivity contribution in [2.45, 2.75) is 45.8 Å². The molecular weight excluding hydrogens is 348 g/mol. The maximum absolute atomic E-state index is 6.23. The van der Waals surface area contributed by atoms with Crippen LogP contribution in [0.4, 0.5) is 5.82 Å². The third-order valence-electron chi connectivity index (χ3n) is 5.69. The quantitative estimate of drug-likeness (QED) is 0.684. The predicted molar refractivity (Wildman–Crippen MR) is 114 cm³/mol. The smallest absolute Gasteiger partial charge is 0.157 e. The summed E-state index contributed by atoms with van der Waals surface area (Å²) in [5.41, 5.74) is 3.89. The molecule has 0 aliphatic carbocycles. The third kappa shape index (κ3) is 3.94. The first-order chi connectivity index (χ1) is 13.6. The minimum atomic E-state index is 0.133. The Balaban J connectivity index is 1.61. The van der Waals surface area contributed by atoms with Crippen LogP contribution in [-0.2, 0) is 0 Å². The second-order valence-corrected chi connectivity index (χ2v) is 7.66. The van der Waals surface area contributed by atoms with Gasteiger partial charge in [-0.2, -0.15) is 5.10 Å². The summed E-state index contributed by atoms with van der Waals surface area (Å²) in [6, 6.07) is 12.7. The van der Waals surface area contributed by atoms with Gasteiger partial charge in [0.25, 0.3) is 0 Å². The average molecular weight is 377 g/mol. The molecule has 4 rings (SSSR count). The summed E-state index contributed by atoms with van der Waals surface area (Å²) in [7, 11) is 0. The minimum absolute atomic E-state index is 0.133. The molecule has 0 amide bonds. The number of aryl methyl sites for hydroxylation is 1. The number of ether oxygens (including phenoxy) is 1. The van der Waals surface area contributed by atoms with Crippen molar-refractivity contribution >= 4 is 16.6 Å². The minimum Gasteiger partial charge on any atom is -0.490 e. The van der Waals surface area contributed by atoms with Gasteiger partial charge < -0.3 is 15.4 Å². The number of aromatic nitrogens is 2. The molecule has 0 spiro atoms. The van der Waals surface area contributed by atoms with E-state index in [9.17, 15) is 0 Å². The Labute approximate surface area is 166 Å². The van der Waals surface area contributed by atoms with Gasteiger partial charge in [0.05, 0.1) is 12.2 Å². The van der Waals surface area contributed by atoms with E-state index in [0.29, 0.717) is 0 Å². The molecule has 5 nitrogen and oxygen atoms in total. The van der Waals surface area contributed by atoms with Gasteiger partial charge in [0.2, 0.25) is 0 Å². The molecule has 1 aliphatic rings. The molecule has 0 unspecified atom stereocenters. The lowest BCUT2D eigenvalue weighted by molar-refractivity contribution is 0.162. The van der Waals surface area contributed by atoms with Crippen molar-refractivity contribution in [2.24, 2.45) is 0 Å². The molecule has 2 heterocycles. The fourth-order valence-corrected chi connectivity index (χ4v) is 3.87. The van der Waals surface area contributed by atoms with Crippen LogP contribution in [0.2, 0.25) is 0 Å². The van der Waals surface area contributed by atoms with Crippen LogP contribution < -0.4 is 15.4 Å². The van der Waals surface area contributed by atoms with E-state index in [0.717, 1.165) is 48.3 Å². The SMILES string of the molecule is Cc1cccc([C@@H](C)Nc2nncc3ccc(OC4CCNCC4)cc23)c1C. The van der Waals surface area contributed by atoms with Crippen molar-refractivity contribution in [3.63, 3.8) is 0 Å². The summed E-state index contributed by atoms with van der Waals surface area (Å²) < 4.78 is 6.23. The van der Waals surface area contributed by atoms with E-state index < -0.39 is 0 Å². The van der Waals surface area contributed by atoms with Gasteiger partial charge in [0.1, 0.15) is 11.9 Å². The highest BCUT2D eigenvalue weighted by atomic mass is 16.5. The topological polar surface area (TPSA) is 59.1 Å². The standard InChI is InChI=1S/C23H28N4O/c1-15-5-4-6-21(16(15)2)17(3)26-23-22-13-20(8-7-18(22)14-25-27-23)28-19-9-11-24-12-10-19/h4-8,13-14,17,19,24H,9-12H2,1-3H3,(H,26,27)/t17-/m1/s1. The maximum atomic E-state index is 6.23. The normalized spacial score (nSPS) is 16.1. The highest BCUT2D eigenvalue weighted by Crippen LogP contribution is 2.30. The molecule has 1 fully saturated rings. The molecule has 146 valence electrons. The van der Waals surface area contributed by atoms with Gasteiger partial charge in [-0.3, -0.25) is 0 Å². The largest absolute Gasteiger partial charge is 0.490 e. The highest BCUT2D eigenvalue weighted by molar-refractivity contribution is 5.92. The maximum Gasteiger partial charge on any atom is 0.157 e. The Morgan fingerprint density at radius 2 is 1.96 bits per heavy atom. The zero-order chi connectivity index (χ0) is 19.5. The number of piperidine rings is 1. The van der Waals surface area contributed by atoms with Crippen LogP contribution in [0.1, 0.15) is 42.5 Å². The van der Waals surface area contributed by atoms with Crippen LogP contribution in [0, 0.1) is 13.8 Å². The Morgan fingerprint density at radius 3 is 2.79 bits per heavy atom. The molecule has 5 heteroatoms. The van der Waals surface area contributed by atoms with Crippen molar-refractivity contribution in [2.75, 3.05) is 18.4 Å². The predicted octanol–water partition coefficient (Wildman–Crippen LogP) is 4.55. The first-order valence-electron chi connectivity index (χ1n) is 10.1. The van der Waals surface area contributed by atoms with E-state index in [1.165, 1.54) is 16.7 Å². The fourth-order valence-electron chi connectivity index (χ4n) is 3.87. The average Bonchev–Trinajstić information content (AvgIpc) is 2.71. The summed E-state index contributed by atoms with van der Waals surface area (Å²) in [6.45, 7) is 8.52. The van der Waals surface area contributed by atoms with E-state index in [4.69, 9.17) is 4.74 Å². The molecule has 1 atom stereocenters. The van der Waals surface area contributed by atoms with E-state index in [1.807, 2.05) is 6.07 Å². The second-order valence-electron chi connectivity index (χ2n) is 7.66. The van der Waals surface area contributed by atoms with Gasteiger partial charge in [-0.15, -0.1) is 5.10 Å². The van der Waals surface area contributed by atoms with Crippen LogP contribution in [0.15, 0.2) is 42.6 Å². The lowest BCUT2D eigenvalue weighted by Gasteiger charge is -2.24. The zero-order valence-corrected chi connectivity index (χ0v) is 16.8. The summed E-state index contributed by atoms with van der Waals surface area (Å²) in [5.74, 6) is 1.69. The van der Waals surface area contributed by atoms with Crippen LogP contribution in [0.5, 0.6) is 5.75 Å². The Kier molecular flexibility index (Phi) is 5.44. The fraction of sp³-hybridized carbons (Fsp3) is 0.391. The first-order valence-corrected chi connectivity index (χ1v) is 10.1. The van der Waals surface area contributed by atoms with Crippen molar-refractivity contribution in [3.8, 4) is 5.75 Å². The zero-order valence-electron chi connectivity index (χ0n) is 16.8. The van der Waals surface area contributed by atoms with Crippen LogP contribution in [0.3, 0.4) is 0 Å². The van der Waals surface area contributed by atoms with E-state index in [-0.39, 0.29) is 12.1 Å². The van der Waals surface area contributed by atoms with Crippen LogP contribution in [0.25, 0.3) is 10.8 Å². The summed E-state index contributed by atoms with van der Waals surface area (Å²) in [6.07, 6.45) is 4.17. The third-order valence-corrected chi connectivity index (χ3v) is 5.69. The summed E-state index contributed by atoms with van der Waals surface area (Å²) in [5, 5.41) is 17.6. The summed E-state index contributed by atoms with van der Waals surface area (Å²) >= 11 is 0. The molecule has 0 saturated carbocycles. The molecule has 3 aromatic rings. The van der Waals surface area contributed by atoms with Gasteiger partial charge >= 0.3 is 0 Å². The molecule has 2 N–H and O–H groups in total. The van der Waals surface area contributed by atoms with Gasteiger partial charge in [-0.25, -0.2) is 0 Å². The number of hydrogen-bond acceptors (Lipinski definition) is 5. The Hall–Kier alpha value is -2.66. The van der Waals surface area contributed by atoms with Crippen LogP contribution in [-0.4, -0.2) is 29.4 Å². The monoisotopic (exact) mass is 376 g/mol. The Morgan fingerprint density at radius 1 is 1.14 bits per heavy atom. The molecule has 1 saturated heterocycles. The molecule has 0 bridgehead atoms. The number of rotatable bonds is 5. The highest BCUT2D eigenvalue weighted by Gasteiger charge is 2.16. The van der Waals surface area contributed by atoms with Gasteiger partial charge in [-0.1, -0.05) is 18.2 Å². The lowest BCUT2D eigenvalue weighted by atomic mass is 9.98. The number of nitrogens with zero attached hydrogens (tertiary/aromatic N) is 2. The van der Waals surface area contributed by atoms with Gasteiger partial charge in [0.15, 0.2) is 5.82 Å². The van der Waals surface area contributed by atoms with Gasteiger partial charge in [0, 0.05) is 10.8 Å². The second kappa shape index (κ2) is 8.15. The number of anilines is 1. The van der Waals surface area contributed by atoms with E-state index in [2.05, 4.69) is 71.9 Å². The number of nitrogens with one attached hydrogen (secondary N) is 2. The van der Waals surface area contributed by atoms with Gasteiger partial charge in [-0.05, 0) is 81.6 Å².